The number of hydrogen-bond acceptors (Lipinski definition) is 3. The number of anilines is 3. The lowest BCUT2D eigenvalue weighted by Crippen LogP contribution is -2.27. The van der Waals surface area contributed by atoms with Crippen molar-refractivity contribution in [3.8, 4) is 22.3 Å². The molecule has 2 heterocycles. The number of nitrogens with zero attached hydrogens (tertiary/aromatic N) is 3. The summed E-state index contributed by atoms with van der Waals surface area (Å²) in [5.74, 6) is 0.336. The molecule has 0 saturated heterocycles. The standard InChI is InChI=1S/C42H33N3O/c1-42-25-23-31(27-42)38-39(42)44-26-24-34-35(40(44)43-41(38)46)16-10-18-37(34)45(32-21-19-29(20-22-32)28-11-4-2-5-12-28)36-17-9-8-15-33(36)30-13-6-3-7-14-30/h2-22,24,26,31H,23,25,27H2,1H3. The van der Waals surface area contributed by atoms with Crippen LogP contribution in [-0.2, 0) is 5.41 Å². The maximum absolute atomic E-state index is 13.6. The van der Waals surface area contributed by atoms with Crippen LogP contribution in [-0.4, -0.2) is 9.38 Å². The molecule has 2 aromatic heterocycles. The van der Waals surface area contributed by atoms with E-state index >= 15 is 0 Å². The minimum Gasteiger partial charge on any atom is -0.309 e. The molecule has 5 aromatic carbocycles. The zero-order valence-electron chi connectivity index (χ0n) is 25.7. The zero-order valence-corrected chi connectivity index (χ0v) is 25.7. The molecular formula is C42H33N3O. The highest BCUT2D eigenvalue weighted by atomic mass is 16.1. The second-order valence-electron chi connectivity index (χ2n) is 13.1. The Balaban J connectivity index is 1.29. The van der Waals surface area contributed by atoms with Gasteiger partial charge in [-0.25, -0.2) is 0 Å². The molecule has 46 heavy (non-hydrogen) atoms. The molecule has 222 valence electrons. The van der Waals surface area contributed by atoms with Gasteiger partial charge in [0.25, 0.3) is 5.56 Å². The van der Waals surface area contributed by atoms with Crippen molar-refractivity contribution in [2.75, 3.05) is 4.90 Å². The predicted molar refractivity (Wildman–Crippen MR) is 188 cm³/mol. The van der Waals surface area contributed by atoms with Gasteiger partial charge in [0.1, 0.15) is 5.65 Å². The first-order chi connectivity index (χ1) is 22.6. The minimum atomic E-state index is -0.0518. The fourth-order valence-electron chi connectivity index (χ4n) is 8.21. The summed E-state index contributed by atoms with van der Waals surface area (Å²) in [4.78, 5) is 20.7. The fourth-order valence-corrected chi connectivity index (χ4v) is 8.21. The van der Waals surface area contributed by atoms with Crippen molar-refractivity contribution in [3.63, 3.8) is 0 Å². The van der Waals surface area contributed by atoms with Gasteiger partial charge in [-0.2, -0.15) is 4.98 Å². The zero-order chi connectivity index (χ0) is 30.8. The second kappa shape index (κ2) is 10.3. The highest BCUT2D eigenvalue weighted by Crippen LogP contribution is 2.56. The summed E-state index contributed by atoms with van der Waals surface area (Å²) in [7, 11) is 0. The van der Waals surface area contributed by atoms with E-state index in [-0.39, 0.29) is 11.0 Å². The molecule has 7 aromatic rings. The van der Waals surface area contributed by atoms with Gasteiger partial charge < -0.3 is 9.30 Å². The van der Waals surface area contributed by atoms with E-state index in [0.29, 0.717) is 5.92 Å². The Morgan fingerprint density at radius 3 is 2.15 bits per heavy atom. The first-order valence-corrected chi connectivity index (χ1v) is 16.2. The van der Waals surface area contributed by atoms with Gasteiger partial charge in [-0.3, -0.25) is 4.79 Å². The monoisotopic (exact) mass is 595 g/mol. The summed E-state index contributed by atoms with van der Waals surface area (Å²) in [6, 6.07) is 47.1. The number of aromatic nitrogens is 2. The van der Waals surface area contributed by atoms with Crippen LogP contribution in [0.2, 0.25) is 0 Å². The fraction of sp³-hybridized carbons (Fsp3) is 0.143. The Hall–Kier alpha value is -5.48. The molecule has 4 nitrogen and oxygen atoms in total. The average molecular weight is 596 g/mol. The van der Waals surface area contributed by atoms with Crippen LogP contribution in [0.5, 0.6) is 0 Å². The van der Waals surface area contributed by atoms with Gasteiger partial charge >= 0.3 is 0 Å². The maximum atomic E-state index is 13.6. The van der Waals surface area contributed by atoms with E-state index in [1.807, 2.05) is 6.07 Å². The van der Waals surface area contributed by atoms with Gasteiger partial charge in [0.2, 0.25) is 0 Å². The maximum Gasteiger partial charge on any atom is 0.276 e. The van der Waals surface area contributed by atoms with Gasteiger partial charge in [-0.15, -0.1) is 0 Å². The Bertz CT molecular complexity index is 2330. The smallest absolute Gasteiger partial charge is 0.276 e. The Morgan fingerprint density at radius 1 is 0.696 bits per heavy atom. The van der Waals surface area contributed by atoms with Crippen molar-refractivity contribution in [1.29, 1.82) is 0 Å². The summed E-state index contributed by atoms with van der Waals surface area (Å²) < 4.78 is 2.22. The van der Waals surface area contributed by atoms with E-state index < -0.39 is 0 Å². The molecule has 0 N–H and O–H groups in total. The number of para-hydroxylation sites is 1. The number of fused-ring (bicyclic) bond motifs is 9. The van der Waals surface area contributed by atoms with Crippen LogP contribution in [0.4, 0.5) is 17.1 Å². The van der Waals surface area contributed by atoms with E-state index in [1.165, 1.54) is 16.8 Å². The third-order valence-electron chi connectivity index (χ3n) is 10.3. The van der Waals surface area contributed by atoms with Gasteiger partial charge in [0.05, 0.1) is 11.4 Å². The predicted octanol–water partition coefficient (Wildman–Crippen LogP) is 10.2. The van der Waals surface area contributed by atoms with Crippen LogP contribution in [0, 0.1) is 0 Å². The van der Waals surface area contributed by atoms with Crippen molar-refractivity contribution in [1.82, 2.24) is 9.38 Å². The Morgan fingerprint density at radius 2 is 1.37 bits per heavy atom. The summed E-state index contributed by atoms with van der Waals surface area (Å²) in [6.45, 7) is 2.33. The highest BCUT2D eigenvalue weighted by Gasteiger charge is 2.49. The molecule has 2 unspecified atom stereocenters. The quantitative estimate of drug-likeness (QED) is 0.186. The molecule has 2 atom stereocenters. The molecule has 0 aliphatic heterocycles. The van der Waals surface area contributed by atoms with E-state index in [0.717, 1.165) is 69.4 Å². The van der Waals surface area contributed by atoms with Gasteiger partial charge in [0.15, 0.2) is 0 Å². The molecule has 0 spiro atoms. The number of pyridine rings is 1. The van der Waals surface area contributed by atoms with Crippen molar-refractivity contribution < 1.29 is 0 Å². The Kier molecular flexibility index (Phi) is 6.01. The van der Waals surface area contributed by atoms with E-state index in [4.69, 9.17) is 4.98 Å². The van der Waals surface area contributed by atoms with Crippen LogP contribution in [0.25, 0.3) is 38.7 Å². The van der Waals surface area contributed by atoms with Gasteiger partial charge in [-0.1, -0.05) is 110 Å². The van der Waals surface area contributed by atoms with Crippen LogP contribution >= 0.6 is 0 Å². The van der Waals surface area contributed by atoms with Gasteiger partial charge in [-0.05, 0) is 72.2 Å². The molecule has 1 fully saturated rings. The summed E-state index contributed by atoms with van der Waals surface area (Å²) in [5, 5.41) is 2.03. The normalized spacial score (nSPS) is 18.2. The molecule has 1 saturated carbocycles. The van der Waals surface area contributed by atoms with Crippen LogP contribution in [0.15, 0.2) is 144 Å². The lowest BCUT2D eigenvalue weighted by atomic mass is 9.85. The number of hydrogen-bond donors (Lipinski definition) is 0. The number of benzene rings is 5. The van der Waals surface area contributed by atoms with E-state index in [2.05, 4.69) is 150 Å². The van der Waals surface area contributed by atoms with E-state index in [1.54, 1.807) is 0 Å². The van der Waals surface area contributed by atoms with E-state index in [9.17, 15) is 4.79 Å². The van der Waals surface area contributed by atoms with Crippen molar-refractivity contribution in [2.24, 2.45) is 0 Å². The third-order valence-corrected chi connectivity index (χ3v) is 10.3. The summed E-state index contributed by atoms with van der Waals surface area (Å²) >= 11 is 0. The van der Waals surface area contributed by atoms with Crippen molar-refractivity contribution in [2.45, 2.75) is 37.5 Å². The molecule has 2 aliphatic carbocycles. The molecule has 0 amide bonds. The molecule has 2 bridgehead atoms. The Labute approximate surface area is 268 Å². The topological polar surface area (TPSA) is 37.6 Å². The largest absolute Gasteiger partial charge is 0.309 e. The van der Waals surface area contributed by atoms with Crippen LogP contribution < -0.4 is 10.5 Å². The van der Waals surface area contributed by atoms with Crippen LogP contribution in [0.3, 0.4) is 0 Å². The van der Waals surface area contributed by atoms with Crippen molar-refractivity contribution >= 4 is 33.5 Å². The molecule has 2 aliphatic rings. The molecular weight excluding hydrogens is 562 g/mol. The first-order valence-electron chi connectivity index (χ1n) is 16.2. The number of rotatable bonds is 5. The van der Waals surface area contributed by atoms with Crippen LogP contribution in [0.1, 0.15) is 43.4 Å². The summed E-state index contributed by atoms with van der Waals surface area (Å²) in [5.41, 5.74) is 10.7. The van der Waals surface area contributed by atoms with Gasteiger partial charge in [0, 0.05) is 44.9 Å². The lowest BCUT2D eigenvalue weighted by molar-refractivity contribution is 0.483. The second-order valence-corrected chi connectivity index (χ2v) is 13.1. The summed E-state index contributed by atoms with van der Waals surface area (Å²) in [6.07, 6.45) is 5.41. The molecule has 9 rings (SSSR count). The third kappa shape index (κ3) is 4.06. The van der Waals surface area contributed by atoms with Crippen molar-refractivity contribution in [3.05, 3.63) is 161 Å². The minimum absolute atomic E-state index is 0.0253. The molecule has 0 radical (unpaired) electrons. The molecule has 4 heteroatoms. The highest BCUT2D eigenvalue weighted by molar-refractivity contribution is 6.05. The first kappa shape index (κ1) is 26.9. The SMILES string of the molecule is CC12CCC(C1)c1c2n2ccc3c(N(c4ccc(-c5ccccc5)cc4)c4ccccc4-c4ccccc4)cccc3c2nc1=O. The lowest BCUT2D eigenvalue weighted by Gasteiger charge is -2.30. The average Bonchev–Trinajstić information content (AvgIpc) is 3.65.